The van der Waals surface area contributed by atoms with Gasteiger partial charge in [-0.25, -0.2) is 15.0 Å². The van der Waals surface area contributed by atoms with E-state index in [2.05, 4.69) is 20.3 Å². The molecule has 154 valence electrons. The van der Waals surface area contributed by atoms with Crippen LogP contribution in [0.15, 0.2) is 48.1 Å². The summed E-state index contributed by atoms with van der Waals surface area (Å²) in [6, 6.07) is 11.7. The third-order valence-corrected chi connectivity index (χ3v) is 5.24. The Hall–Kier alpha value is -3.23. The molecule has 0 unspecified atom stereocenters. The summed E-state index contributed by atoms with van der Waals surface area (Å²) in [5.41, 5.74) is 3.43. The molecule has 2 aromatic heterocycles. The number of aliphatic hydroxyl groups excluding tert-OH is 1. The van der Waals surface area contributed by atoms with Crippen molar-refractivity contribution in [2.24, 2.45) is 0 Å². The van der Waals surface area contributed by atoms with Gasteiger partial charge in [-0.3, -0.25) is 0 Å². The molecule has 0 bridgehead atoms. The highest BCUT2D eigenvalue weighted by Gasteiger charge is 2.12. The molecule has 0 aliphatic heterocycles. The number of fused-ring (bicyclic) bond motifs is 1. The summed E-state index contributed by atoms with van der Waals surface area (Å²) >= 11 is 1.44. The Labute approximate surface area is 178 Å². The molecule has 30 heavy (non-hydrogen) atoms. The number of ether oxygens (including phenoxy) is 2. The van der Waals surface area contributed by atoms with Crippen LogP contribution in [0.2, 0.25) is 0 Å². The van der Waals surface area contributed by atoms with Gasteiger partial charge in [0.05, 0.1) is 31.0 Å². The van der Waals surface area contributed by atoms with Gasteiger partial charge in [0.2, 0.25) is 0 Å². The Morgan fingerprint density at radius 3 is 2.57 bits per heavy atom. The Bertz CT molecular complexity index is 1160. The Kier molecular flexibility index (Phi) is 6.06. The number of aliphatic hydroxyl groups is 1. The van der Waals surface area contributed by atoms with Crippen molar-refractivity contribution in [1.82, 2.24) is 15.0 Å². The van der Waals surface area contributed by atoms with Crippen LogP contribution in [0.25, 0.3) is 22.2 Å². The number of nitrogens with one attached hydrogen (secondary N) is 1. The smallest absolute Gasteiger partial charge is 0.163 e. The van der Waals surface area contributed by atoms with Crippen LogP contribution in [0.1, 0.15) is 18.9 Å². The molecular weight excluding hydrogens is 400 g/mol. The van der Waals surface area contributed by atoms with E-state index in [-0.39, 0.29) is 6.61 Å². The van der Waals surface area contributed by atoms with Gasteiger partial charge >= 0.3 is 0 Å². The third-order valence-electron chi connectivity index (χ3n) is 4.41. The molecule has 0 aliphatic rings. The van der Waals surface area contributed by atoms with Crippen LogP contribution in [-0.4, -0.2) is 33.3 Å². The van der Waals surface area contributed by atoms with Crippen molar-refractivity contribution in [3.63, 3.8) is 0 Å². The summed E-state index contributed by atoms with van der Waals surface area (Å²) in [5, 5.41) is 16.1. The van der Waals surface area contributed by atoms with Gasteiger partial charge in [0.25, 0.3) is 0 Å². The SMILES string of the molecule is CCOc1cc2ncnc(Nc3cccc(-c4csc(CO)n4)c3)c2cc1OCC. The zero-order valence-electron chi connectivity index (χ0n) is 16.8. The molecule has 4 aromatic rings. The molecule has 0 radical (unpaired) electrons. The van der Waals surface area contributed by atoms with E-state index in [9.17, 15) is 5.11 Å². The zero-order chi connectivity index (χ0) is 20.9. The second-order valence-electron chi connectivity index (χ2n) is 6.39. The molecule has 0 spiro atoms. The zero-order valence-corrected chi connectivity index (χ0v) is 17.6. The molecular formula is C22H22N4O3S. The van der Waals surface area contributed by atoms with Crippen molar-refractivity contribution in [2.75, 3.05) is 18.5 Å². The van der Waals surface area contributed by atoms with Crippen LogP contribution in [-0.2, 0) is 6.61 Å². The van der Waals surface area contributed by atoms with Crippen LogP contribution in [0.3, 0.4) is 0 Å². The molecule has 2 heterocycles. The van der Waals surface area contributed by atoms with Gasteiger partial charge in [-0.15, -0.1) is 11.3 Å². The minimum Gasteiger partial charge on any atom is -0.490 e. The molecule has 7 nitrogen and oxygen atoms in total. The van der Waals surface area contributed by atoms with E-state index in [1.54, 1.807) is 0 Å². The molecule has 0 atom stereocenters. The first kappa shape index (κ1) is 20.1. The fourth-order valence-electron chi connectivity index (χ4n) is 3.11. The molecule has 4 rings (SSSR count). The third kappa shape index (κ3) is 4.19. The Balaban J connectivity index is 1.70. The van der Waals surface area contributed by atoms with Gasteiger partial charge in [-0.05, 0) is 32.0 Å². The molecule has 2 aromatic carbocycles. The van der Waals surface area contributed by atoms with Gasteiger partial charge in [-0.1, -0.05) is 12.1 Å². The van der Waals surface area contributed by atoms with Crippen LogP contribution >= 0.6 is 11.3 Å². The predicted octanol–water partition coefficient (Wildman–Crippen LogP) is 4.79. The molecule has 0 fully saturated rings. The maximum atomic E-state index is 9.26. The van der Waals surface area contributed by atoms with Gasteiger partial charge in [0.15, 0.2) is 11.5 Å². The van der Waals surface area contributed by atoms with Crippen LogP contribution in [0.4, 0.5) is 11.5 Å². The van der Waals surface area contributed by atoms with Gasteiger partial charge in [0, 0.05) is 28.1 Å². The van der Waals surface area contributed by atoms with Crippen molar-refractivity contribution >= 4 is 33.7 Å². The molecule has 0 amide bonds. The topological polar surface area (TPSA) is 89.4 Å². The highest BCUT2D eigenvalue weighted by atomic mass is 32.1. The van der Waals surface area contributed by atoms with E-state index >= 15 is 0 Å². The summed E-state index contributed by atoms with van der Waals surface area (Å²) in [5.74, 6) is 2.01. The monoisotopic (exact) mass is 422 g/mol. The van der Waals surface area contributed by atoms with E-state index in [0.29, 0.717) is 35.5 Å². The van der Waals surface area contributed by atoms with E-state index in [1.807, 2.05) is 55.6 Å². The number of anilines is 2. The van der Waals surface area contributed by atoms with E-state index in [0.717, 1.165) is 27.8 Å². The highest BCUT2D eigenvalue weighted by Crippen LogP contribution is 2.35. The van der Waals surface area contributed by atoms with E-state index in [4.69, 9.17) is 9.47 Å². The summed E-state index contributed by atoms with van der Waals surface area (Å²) in [6.45, 7) is 4.90. The van der Waals surface area contributed by atoms with E-state index in [1.165, 1.54) is 17.7 Å². The predicted molar refractivity (Wildman–Crippen MR) is 119 cm³/mol. The van der Waals surface area contributed by atoms with Crippen molar-refractivity contribution in [3.05, 3.63) is 53.1 Å². The van der Waals surface area contributed by atoms with Gasteiger partial charge < -0.3 is 19.9 Å². The lowest BCUT2D eigenvalue weighted by Crippen LogP contribution is -2.01. The maximum absolute atomic E-state index is 9.26. The molecule has 0 aliphatic carbocycles. The molecule has 0 saturated carbocycles. The summed E-state index contributed by atoms with van der Waals surface area (Å²) in [6.07, 6.45) is 1.53. The minimum atomic E-state index is -0.0541. The van der Waals surface area contributed by atoms with E-state index < -0.39 is 0 Å². The van der Waals surface area contributed by atoms with Crippen molar-refractivity contribution < 1.29 is 14.6 Å². The number of hydrogen-bond acceptors (Lipinski definition) is 8. The van der Waals surface area contributed by atoms with Crippen LogP contribution in [0, 0.1) is 0 Å². The first-order valence-electron chi connectivity index (χ1n) is 9.68. The fraction of sp³-hybridized carbons (Fsp3) is 0.227. The van der Waals surface area contributed by atoms with Crippen LogP contribution in [0.5, 0.6) is 11.5 Å². The van der Waals surface area contributed by atoms with Crippen molar-refractivity contribution in [3.8, 4) is 22.8 Å². The Morgan fingerprint density at radius 2 is 1.83 bits per heavy atom. The lowest BCUT2D eigenvalue weighted by atomic mass is 10.1. The Morgan fingerprint density at radius 1 is 1.03 bits per heavy atom. The second-order valence-corrected chi connectivity index (χ2v) is 7.34. The second kappa shape index (κ2) is 9.06. The van der Waals surface area contributed by atoms with Crippen molar-refractivity contribution in [1.29, 1.82) is 0 Å². The quantitative estimate of drug-likeness (QED) is 0.422. The summed E-state index contributed by atoms with van der Waals surface area (Å²) in [4.78, 5) is 13.3. The number of aromatic nitrogens is 3. The highest BCUT2D eigenvalue weighted by molar-refractivity contribution is 7.09. The number of nitrogens with zero attached hydrogens (tertiary/aromatic N) is 3. The average molecular weight is 423 g/mol. The van der Waals surface area contributed by atoms with Crippen LogP contribution < -0.4 is 14.8 Å². The number of rotatable bonds is 8. The standard InChI is InChI=1S/C22H22N4O3S/c1-3-28-19-9-16-17(10-20(19)29-4-2)23-13-24-22(16)25-15-7-5-6-14(8-15)18-12-30-21(11-27)26-18/h5-10,12-13,27H,3-4,11H2,1-2H3,(H,23,24,25). The molecule has 2 N–H and O–H groups in total. The lowest BCUT2D eigenvalue weighted by Gasteiger charge is -2.14. The number of thiazole rings is 1. The van der Waals surface area contributed by atoms with Gasteiger partial charge in [0.1, 0.15) is 17.2 Å². The van der Waals surface area contributed by atoms with Crippen molar-refractivity contribution in [2.45, 2.75) is 20.5 Å². The maximum Gasteiger partial charge on any atom is 0.163 e. The summed E-state index contributed by atoms with van der Waals surface area (Å²) in [7, 11) is 0. The fourth-order valence-corrected chi connectivity index (χ4v) is 3.77. The molecule has 8 heteroatoms. The summed E-state index contributed by atoms with van der Waals surface area (Å²) < 4.78 is 11.5. The number of hydrogen-bond donors (Lipinski definition) is 2. The number of benzene rings is 2. The molecule has 0 saturated heterocycles. The minimum absolute atomic E-state index is 0.0541. The first-order valence-corrected chi connectivity index (χ1v) is 10.6. The largest absolute Gasteiger partial charge is 0.490 e. The lowest BCUT2D eigenvalue weighted by molar-refractivity contribution is 0.281. The van der Waals surface area contributed by atoms with Gasteiger partial charge in [-0.2, -0.15) is 0 Å². The normalized spacial score (nSPS) is 10.9. The first-order chi connectivity index (χ1) is 14.7. The average Bonchev–Trinajstić information content (AvgIpc) is 3.25.